The van der Waals surface area contributed by atoms with Gasteiger partial charge in [0.2, 0.25) is 0 Å². The monoisotopic (exact) mass is 456 g/mol. The van der Waals surface area contributed by atoms with Crippen LogP contribution in [-0.2, 0) is 0 Å². The number of hydrogen-bond acceptors (Lipinski definition) is 4. The number of benzene rings is 2. The first-order chi connectivity index (χ1) is 13.7. The summed E-state index contributed by atoms with van der Waals surface area (Å²) in [5.74, 6) is 0.281. The minimum absolute atomic E-state index is 0. The van der Waals surface area contributed by atoms with Gasteiger partial charge in [0, 0.05) is 44.5 Å². The van der Waals surface area contributed by atoms with Crippen LogP contribution in [0.15, 0.2) is 48.5 Å². The fraction of sp³-hybridized carbons (Fsp3) is 0.381. The van der Waals surface area contributed by atoms with Gasteiger partial charge >= 0.3 is 6.03 Å². The first-order valence-corrected chi connectivity index (χ1v) is 9.72. The van der Waals surface area contributed by atoms with E-state index < -0.39 is 5.82 Å². The normalized spacial score (nSPS) is 18.8. The first kappa shape index (κ1) is 24.2. The van der Waals surface area contributed by atoms with E-state index in [1.165, 1.54) is 12.5 Å². The summed E-state index contributed by atoms with van der Waals surface area (Å²) in [6, 6.07) is 13.7. The van der Waals surface area contributed by atoms with Crippen molar-refractivity contribution in [3.05, 3.63) is 54.3 Å². The second-order valence-electron chi connectivity index (χ2n) is 7.16. The van der Waals surface area contributed by atoms with Crippen molar-refractivity contribution in [3.8, 4) is 11.5 Å². The Bertz CT molecular complexity index is 811. The van der Waals surface area contributed by atoms with Gasteiger partial charge in [-0.05, 0) is 49.4 Å². The van der Waals surface area contributed by atoms with E-state index in [4.69, 9.17) is 4.74 Å². The SMILES string of the molecule is Cl.Cl.O=C(Nc1ccc(Oc2ccccc2F)cc1)N1CCN(C2CCNC2)CC1. The molecule has 0 radical (unpaired) electrons. The van der Waals surface area contributed by atoms with Crippen molar-refractivity contribution in [2.24, 2.45) is 0 Å². The molecule has 4 rings (SSSR count). The van der Waals surface area contributed by atoms with Crippen molar-refractivity contribution in [1.82, 2.24) is 15.1 Å². The van der Waals surface area contributed by atoms with Crippen LogP contribution in [0, 0.1) is 5.82 Å². The number of anilines is 1. The third-order valence-electron chi connectivity index (χ3n) is 5.32. The van der Waals surface area contributed by atoms with Crippen molar-refractivity contribution in [3.63, 3.8) is 0 Å². The largest absolute Gasteiger partial charge is 0.454 e. The lowest BCUT2D eigenvalue weighted by atomic mass is 10.2. The van der Waals surface area contributed by atoms with Gasteiger partial charge in [0.25, 0.3) is 0 Å². The number of carbonyl (C=O) groups is 1. The third-order valence-corrected chi connectivity index (χ3v) is 5.32. The summed E-state index contributed by atoms with van der Waals surface area (Å²) in [6.45, 7) is 5.42. The summed E-state index contributed by atoms with van der Waals surface area (Å²) < 4.78 is 19.2. The number of nitrogens with zero attached hydrogens (tertiary/aromatic N) is 2. The summed E-state index contributed by atoms with van der Waals surface area (Å²) in [5, 5.41) is 6.32. The van der Waals surface area contributed by atoms with Crippen LogP contribution in [0.5, 0.6) is 11.5 Å². The van der Waals surface area contributed by atoms with Gasteiger partial charge in [-0.25, -0.2) is 9.18 Å². The molecule has 0 bridgehead atoms. The molecule has 9 heteroatoms. The molecule has 6 nitrogen and oxygen atoms in total. The Labute approximate surface area is 188 Å². The number of piperazine rings is 1. The van der Waals surface area contributed by atoms with Crippen LogP contribution in [0.4, 0.5) is 14.9 Å². The Balaban J connectivity index is 0.00000160. The summed E-state index contributed by atoms with van der Waals surface area (Å²) >= 11 is 0. The molecule has 2 aromatic rings. The Morgan fingerprint density at radius 2 is 1.73 bits per heavy atom. The van der Waals surface area contributed by atoms with Crippen LogP contribution in [0.25, 0.3) is 0 Å². The number of carbonyl (C=O) groups excluding carboxylic acids is 1. The number of ether oxygens (including phenoxy) is 1. The van der Waals surface area contributed by atoms with E-state index in [-0.39, 0.29) is 36.6 Å². The van der Waals surface area contributed by atoms with Gasteiger partial charge in [0.15, 0.2) is 11.6 Å². The predicted octanol–water partition coefficient (Wildman–Crippen LogP) is 3.97. The number of para-hydroxylation sites is 1. The fourth-order valence-corrected chi connectivity index (χ4v) is 3.70. The highest BCUT2D eigenvalue weighted by Gasteiger charge is 2.27. The first-order valence-electron chi connectivity index (χ1n) is 9.72. The highest BCUT2D eigenvalue weighted by molar-refractivity contribution is 5.89. The lowest BCUT2D eigenvalue weighted by Crippen LogP contribution is -2.53. The number of nitrogens with one attached hydrogen (secondary N) is 2. The van der Waals surface area contributed by atoms with E-state index in [1.54, 1.807) is 42.5 Å². The number of rotatable bonds is 4. The molecule has 164 valence electrons. The maximum absolute atomic E-state index is 13.7. The van der Waals surface area contributed by atoms with Gasteiger partial charge in [-0.3, -0.25) is 4.90 Å². The molecule has 2 N–H and O–H groups in total. The summed E-state index contributed by atoms with van der Waals surface area (Å²) in [6.07, 6.45) is 1.19. The van der Waals surface area contributed by atoms with Gasteiger partial charge in [0.05, 0.1) is 0 Å². The minimum atomic E-state index is -0.410. The lowest BCUT2D eigenvalue weighted by molar-refractivity contribution is 0.119. The average molecular weight is 457 g/mol. The second-order valence-corrected chi connectivity index (χ2v) is 7.16. The van der Waals surface area contributed by atoms with E-state index in [1.807, 2.05) is 4.90 Å². The van der Waals surface area contributed by atoms with Crippen molar-refractivity contribution >= 4 is 36.5 Å². The van der Waals surface area contributed by atoms with Crippen LogP contribution < -0.4 is 15.4 Å². The summed E-state index contributed by atoms with van der Waals surface area (Å²) in [4.78, 5) is 16.8. The molecule has 2 amide bonds. The zero-order chi connectivity index (χ0) is 19.3. The Kier molecular flexibility index (Phi) is 9.17. The standard InChI is InChI=1S/C21H25FN4O2.2ClH/c22-19-3-1-2-4-20(19)28-18-7-5-16(6-8-18)24-21(27)26-13-11-25(12-14-26)17-9-10-23-15-17;;/h1-8,17,23H,9-15H2,(H,24,27);2*1H. The van der Waals surface area contributed by atoms with Crippen molar-refractivity contribution in [1.29, 1.82) is 0 Å². The molecule has 2 aromatic carbocycles. The van der Waals surface area contributed by atoms with Crippen molar-refractivity contribution < 1.29 is 13.9 Å². The fourth-order valence-electron chi connectivity index (χ4n) is 3.70. The summed E-state index contributed by atoms with van der Waals surface area (Å²) in [7, 11) is 0. The van der Waals surface area contributed by atoms with Crippen molar-refractivity contribution in [2.45, 2.75) is 12.5 Å². The summed E-state index contributed by atoms with van der Waals surface area (Å²) in [5.41, 5.74) is 0.688. The zero-order valence-corrected chi connectivity index (χ0v) is 18.2. The molecule has 2 aliphatic heterocycles. The average Bonchev–Trinajstić information content (AvgIpc) is 3.26. The zero-order valence-electron chi connectivity index (χ0n) is 16.6. The highest BCUT2D eigenvalue weighted by atomic mass is 35.5. The van der Waals surface area contributed by atoms with Crippen LogP contribution in [0.3, 0.4) is 0 Å². The van der Waals surface area contributed by atoms with E-state index in [0.29, 0.717) is 17.5 Å². The van der Waals surface area contributed by atoms with Gasteiger partial charge in [-0.15, -0.1) is 24.8 Å². The van der Waals surface area contributed by atoms with Crippen LogP contribution in [0.1, 0.15) is 6.42 Å². The van der Waals surface area contributed by atoms with Gasteiger partial charge in [-0.2, -0.15) is 0 Å². The van der Waals surface area contributed by atoms with Crippen LogP contribution in [-0.4, -0.2) is 61.1 Å². The lowest BCUT2D eigenvalue weighted by Gasteiger charge is -2.37. The smallest absolute Gasteiger partial charge is 0.321 e. The quantitative estimate of drug-likeness (QED) is 0.730. The number of hydrogen-bond donors (Lipinski definition) is 2. The number of urea groups is 1. The molecule has 2 saturated heterocycles. The Morgan fingerprint density at radius 1 is 1.03 bits per heavy atom. The molecular weight excluding hydrogens is 430 g/mol. The molecule has 1 atom stereocenters. The number of amides is 2. The molecule has 0 spiro atoms. The maximum Gasteiger partial charge on any atom is 0.321 e. The van der Waals surface area contributed by atoms with Crippen LogP contribution in [0.2, 0.25) is 0 Å². The Hall–Kier alpha value is -2.06. The van der Waals surface area contributed by atoms with Gasteiger partial charge in [0.1, 0.15) is 5.75 Å². The topological polar surface area (TPSA) is 56.8 Å². The predicted molar refractivity (Wildman–Crippen MR) is 121 cm³/mol. The number of halogens is 3. The molecule has 2 aliphatic rings. The van der Waals surface area contributed by atoms with Gasteiger partial charge in [-0.1, -0.05) is 12.1 Å². The van der Waals surface area contributed by atoms with E-state index in [0.717, 1.165) is 39.3 Å². The van der Waals surface area contributed by atoms with Crippen molar-refractivity contribution in [2.75, 3.05) is 44.6 Å². The molecular formula is C21H27Cl2FN4O2. The molecule has 0 aromatic heterocycles. The maximum atomic E-state index is 13.7. The highest BCUT2D eigenvalue weighted by Crippen LogP contribution is 2.25. The van der Waals surface area contributed by atoms with Gasteiger partial charge < -0.3 is 20.3 Å². The molecule has 0 aliphatic carbocycles. The third kappa shape index (κ3) is 5.98. The molecule has 1 unspecified atom stereocenters. The van der Waals surface area contributed by atoms with E-state index in [9.17, 15) is 9.18 Å². The molecule has 2 heterocycles. The van der Waals surface area contributed by atoms with E-state index >= 15 is 0 Å². The second kappa shape index (κ2) is 11.4. The van der Waals surface area contributed by atoms with E-state index in [2.05, 4.69) is 15.5 Å². The molecule has 0 saturated carbocycles. The Morgan fingerprint density at radius 3 is 2.37 bits per heavy atom. The molecule has 30 heavy (non-hydrogen) atoms. The van der Waals surface area contributed by atoms with Crippen LogP contribution >= 0.6 is 24.8 Å². The molecule has 2 fully saturated rings. The minimum Gasteiger partial charge on any atom is -0.454 e.